The van der Waals surface area contributed by atoms with Crippen molar-refractivity contribution in [1.82, 2.24) is 19.7 Å². The minimum atomic E-state index is -4.36. The Hall–Kier alpha value is -2.89. The molecule has 2 atom stereocenters. The first-order valence-electron chi connectivity index (χ1n) is 12.2. The highest BCUT2D eigenvalue weighted by Gasteiger charge is 2.44. The number of nitrogens with one attached hydrogen (secondary N) is 3. The summed E-state index contributed by atoms with van der Waals surface area (Å²) in [5, 5.41) is 15.6. The van der Waals surface area contributed by atoms with Crippen LogP contribution in [0.4, 0.5) is 0 Å². The molecule has 2 amide bonds. The molecule has 1 heterocycles. The molecule has 0 aromatic heterocycles. The molecular weight excluding hydrogens is 584 g/mol. The number of benzene rings is 2. The third kappa shape index (κ3) is 8.31. The van der Waals surface area contributed by atoms with E-state index in [0.29, 0.717) is 11.1 Å². The quantitative estimate of drug-likeness (QED) is 0.233. The SMILES string of the molecule is CC(=O)NCc1ccc(S(=O)(=O)NCCN([C@@H]2CS(=O)(=O)C[C@H]2O)S(=O)(=O)c2ccc(CNC(C)=O)cc2)cc1. The number of carbonyl (C=O) groups excluding carboxylic acids is 2. The van der Waals surface area contributed by atoms with Crippen molar-refractivity contribution in [2.75, 3.05) is 24.6 Å². The van der Waals surface area contributed by atoms with Gasteiger partial charge in [-0.05, 0) is 35.4 Å². The minimum Gasteiger partial charge on any atom is -0.390 e. The molecule has 1 aliphatic rings. The van der Waals surface area contributed by atoms with Gasteiger partial charge in [-0.2, -0.15) is 4.31 Å². The predicted molar refractivity (Wildman–Crippen MR) is 145 cm³/mol. The summed E-state index contributed by atoms with van der Waals surface area (Å²) < 4.78 is 80.3. The van der Waals surface area contributed by atoms with Gasteiger partial charge in [0.2, 0.25) is 31.9 Å². The monoisotopic (exact) mass is 616 g/mol. The molecule has 13 nitrogen and oxygen atoms in total. The maximum atomic E-state index is 13.6. The van der Waals surface area contributed by atoms with E-state index in [1.54, 1.807) is 0 Å². The third-order valence-corrected chi connectivity index (χ3v) is 11.2. The zero-order valence-electron chi connectivity index (χ0n) is 21.9. The summed E-state index contributed by atoms with van der Waals surface area (Å²) in [5.74, 6) is -1.73. The van der Waals surface area contributed by atoms with Gasteiger partial charge >= 0.3 is 0 Å². The van der Waals surface area contributed by atoms with Crippen molar-refractivity contribution in [3.05, 3.63) is 59.7 Å². The Morgan fingerprint density at radius 2 is 1.32 bits per heavy atom. The summed E-state index contributed by atoms with van der Waals surface area (Å²) in [4.78, 5) is 21.9. The average molecular weight is 617 g/mol. The van der Waals surface area contributed by atoms with Crippen molar-refractivity contribution in [3.8, 4) is 0 Å². The molecule has 4 N–H and O–H groups in total. The normalized spacial score (nSPS) is 18.9. The topological polar surface area (TPSA) is 196 Å². The Labute approximate surface area is 234 Å². The summed E-state index contributed by atoms with van der Waals surface area (Å²) in [6.07, 6.45) is -1.49. The van der Waals surface area contributed by atoms with Crippen molar-refractivity contribution < 1.29 is 39.9 Å². The number of aliphatic hydroxyl groups is 1. The highest BCUT2D eigenvalue weighted by atomic mass is 32.2. The molecule has 0 spiro atoms. The Morgan fingerprint density at radius 3 is 1.75 bits per heavy atom. The zero-order chi connectivity index (χ0) is 29.7. The largest absolute Gasteiger partial charge is 0.390 e. The van der Waals surface area contributed by atoms with Crippen molar-refractivity contribution in [2.45, 2.75) is 48.9 Å². The van der Waals surface area contributed by atoms with Crippen LogP contribution < -0.4 is 15.4 Å². The lowest BCUT2D eigenvalue weighted by Crippen LogP contribution is -2.49. The second kappa shape index (κ2) is 12.7. The van der Waals surface area contributed by atoms with Crippen LogP contribution >= 0.6 is 0 Å². The van der Waals surface area contributed by atoms with Crippen LogP contribution in [-0.4, -0.2) is 83.2 Å². The molecule has 1 fully saturated rings. The molecular formula is C24H32N4O9S3. The molecule has 0 aliphatic carbocycles. The molecule has 0 radical (unpaired) electrons. The van der Waals surface area contributed by atoms with Crippen molar-refractivity contribution in [1.29, 1.82) is 0 Å². The summed E-state index contributed by atoms with van der Waals surface area (Å²) in [5.41, 5.74) is 1.30. The van der Waals surface area contributed by atoms with E-state index in [4.69, 9.17) is 0 Å². The van der Waals surface area contributed by atoms with Crippen LogP contribution in [0.2, 0.25) is 0 Å². The van der Waals surface area contributed by atoms with Crippen LogP contribution in [0.15, 0.2) is 58.3 Å². The highest BCUT2D eigenvalue weighted by Crippen LogP contribution is 2.26. The van der Waals surface area contributed by atoms with Gasteiger partial charge in [0.05, 0.1) is 33.4 Å². The van der Waals surface area contributed by atoms with Gasteiger partial charge in [0.25, 0.3) is 0 Å². The first-order valence-corrected chi connectivity index (χ1v) is 16.9. The van der Waals surface area contributed by atoms with E-state index in [9.17, 15) is 39.9 Å². The maximum absolute atomic E-state index is 13.6. The van der Waals surface area contributed by atoms with Crippen LogP contribution in [0, 0.1) is 0 Å². The molecule has 0 saturated carbocycles. The van der Waals surface area contributed by atoms with Crippen molar-refractivity contribution in [2.24, 2.45) is 0 Å². The molecule has 0 unspecified atom stereocenters. The summed E-state index contributed by atoms with van der Waals surface area (Å²) in [6.45, 7) is 2.24. The number of aliphatic hydroxyl groups excluding tert-OH is 1. The number of sulfone groups is 1. The van der Waals surface area contributed by atoms with E-state index in [1.807, 2.05) is 0 Å². The number of hydrogen-bond acceptors (Lipinski definition) is 9. The summed E-state index contributed by atoms with van der Waals surface area (Å²) >= 11 is 0. The fraction of sp³-hybridized carbons (Fsp3) is 0.417. The summed E-state index contributed by atoms with van der Waals surface area (Å²) in [6, 6.07) is 9.97. The molecule has 16 heteroatoms. The van der Waals surface area contributed by atoms with Gasteiger partial charge in [0.1, 0.15) is 0 Å². The Balaban J connectivity index is 1.79. The Bertz CT molecular complexity index is 1540. The predicted octanol–water partition coefficient (Wildman–Crippen LogP) is -0.914. The van der Waals surface area contributed by atoms with E-state index in [1.165, 1.54) is 62.4 Å². The van der Waals surface area contributed by atoms with Gasteiger partial charge in [0.15, 0.2) is 9.84 Å². The fourth-order valence-corrected chi connectivity index (χ4v) is 8.65. The highest BCUT2D eigenvalue weighted by molar-refractivity contribution is 7.92. The molecule has 1 aliphatic heterocycles. The first kappa shape index (κ1) is 31.6. The second-order valence-electron chi connectivity index (χ2n) is 9.33. The number of amides is 2. The van der Waals surface area contributed by atoms with Gasteiger partial charge in [0, 0.05) is 40.0 Å². The van der Waals surface area contributed by atoms with Gasteiger partial charge in [-0.15, -0.1) is 0 Å². The van der Waals surface area contributed by atoms with Crippen molar-refractivity contribution >= 4 is 41.7 Å². The molecule has 3 rings (SSSR count). The molecule has 2 aromatic carbocycles. The van der Waals surface area contributed by atoms with Gasteiger partial charge in [-0.3, -0.25) is 9.59 Å². The number of sulfonamides is 2. The Morgan fingerprint density at radius 1 is 0.850 bits per heavy atom. The fourth-order valence-electron chi connectivity index (χ4n) is 4.08. The van der Waals surface area contributed by atoms with E-state index in [0.717, 1.165) is 4.31 Å². The lowest BCUT2D eigenvalue weighted by Gasteiger charge is -2.29. The van der Waals surface area contributed by atoms with Gasteiger partial charge in [-0.25, -0.2) is 30.0 Å². The van der Waals surface area contributed by atoms with Crippen LogP contribution in [-0.2, 0) is 52.6 Å². The first-order chi connectivity index (χ1) is 18.6. The van der Waals surface area contributed by atoms with Crippen LogP contribution in [0.5, 0.6) is 0 Å². The maximum Gasteiger partial charge on any atom is 0.243 e. The lowest BCUT2D eigenvalue weighted by atomic mass is 10.2. The average Bonchev–Trinajstić information content (AvgIpc) is 3.15. The number of hydrogen-bond donors (Lipinski definition) is 4. The Kier molecular flexibility index (Phi) is 10.1. The van der Waals surface area contributed by atoms with E-state index in [2.05, 4.69) is 15.4 Å². The summed E-state index contributed by atoms with van der Waals surface area (Å²) in [7, 11) is -12.2. The van der Waals surface area contributed by atoms with Crippen molar-refractivity contribution in [3.63, 3.8) is 0 Å². The smallest absolute Gasteiger partial charge is 0.243 e. The van der Waals surface area contributed by atoms with Gasteiger partial charge in [-0.1, -0.05) is 24.3 Å². The number of nitrogens with zero attached hydrogens (tertiary/aromatic N) is 1. The second-order valence-corrected chi connectivity index (χ2v) is 15.1. The number of carbonyl (C=O) groups is 2. The van der Waals surface area contributed by atoms with Crippen LogP contribution in [0.3, 0.4) is 0 Å². The van der Waals surface area contributed by atoms with E-state index < -0.39 is 66.6 Å². The molecule has 0 bridgehead atoms. The minimum absolute atomic E-state index is 0.0910. The van der Waals surface area contributed by atoms with Crippen LogP contribution in [0.25, 0.3) is 0 Å². The lowest BCUT2D eigenvalue weighted by molar-refractivity contribution is -0.120. The van der Waals surface area contributed by atoms with E-state index >= 15 is 0 Å². The van der Waals surface area contributed by atoms with E-state index in [-0.39, 0.29) is 34.7 Å². The molecule has 40 heavy (non-hydrogen) atoms. The van der Waals surface area contributed by atoms with Gasteiger partial charge < -0.3 is 15.7 Å². The third-order valence-electron chi connectivity index (χ3n) is 6.13. The number of rotatable bonds is 12. The zero-order valence-corrected chi connectivity index (χ0v) is 24.4. The molecule has 1 saturated heterocycles. The van der Waals surface area contributed by atoms with Crippen LogP contribution in [0.1, 0.15) is 25.0 Å². The molecule has 220 valence electrons. The standard InChI is InChI=1S/C24H32N4O9S3/c1-17(29)25-13-19-3-7-21(8-4-19)39(34,35)27-11-12-28(23-15-38(32,33)16-24(23)31)40(36,37)22-9-5-20(6-10-22)14-26-18(2)30/h3-10,23-24,27,31H,11-16H2,1-2H3,(H,25,29)(H,26,30)/t23-,24-/m1/s1. The molecule has 2 aromatic rings.